The molecule has 0 saturated carbocycles. The first kappa shape index (κ1) is 15.4. The van der Waals surface area contributed by atoms with E-state index in [0.717, 1.165) is 37.2 Å². The van der Waals surface area contributed by atoms with Crippen molar-refractivity contribution in [2.75, 3.05) is 19.8 Å². The van der Waals surface area contributed by atoms with Gasteiger partial charge in [0, 0.05) is 26.3 Å². The van der Waals surface area contributed by atoms with Gasteiger partial charge in [-0.05, 0) is 48.9 Å². The van der Waals surface area contributed by atoms with Crippen LogP contribution >= 0.6 is 0 Å². The second-order valence-electron chi connectivity index (χ2n) is 5.21. The van der Waals surface area contributed by atoms with E-state index < -0.39 is 10.0 Å². The predicted octanol–water partition coefficient (Wildman–Crippen LogP) is 1.16. The number of nitrogens with one attached hydrogen (secondary N) is 1. The first-order valence-electron chi connectivity index (χ1n) is 6.90. The topological polar surface area (TPSA) is 81.4 Å². The van der Waals surface area contributed by atoms with Crippen molar-refractivity contribution in [3.8, 4) is 0 Å². The maximum atomic E-state index is 12.2. The fourth-order valence-electron chi connectivity index (χ4n) is 2.36. The maximum absolute atomic E-state index is 12.2. The molecule has 0 aliphatic carbocycles. The number of ether oxygens (including phenoxy) is 1. The van der Waals surface area contributed by atoms with E-state index >= 15 is 0 Å². The van der Waals surface area contributed by atoms with Crippen molar-refractivity contribution >= 4 is 10.0 Å². The molecule has 1 fully saturated rings. The molecule has 0 amide bonds. The largest absolute Gasteiger partial charge is 0.381 e. The Hall–Kier alpha value is -0.950. The van der Waals surface area contributed by atoms with E-state index in [9.17, 15) is 8.42 Å². The number of hydrogen-bond donors (Lipinski definition) is 2. The lowest BCUT2D eigenvalue weighted by Crippen LogP contribution is -2.26. The lowest BCUT2D eigenvalue weighted by molar-refractivity contribution is 0.184. The quantitative estimate of drug-likeness (QED) is 0.825. The molecule has 0 bridgehead atoms. The van der Waals surface area contributed by atoms with Gasteiger partial charge >= 0.3 is 0 Å². The average molecular weight is 298 g/mol. The van der Waals surface area contributed by atoms with E-state index in [4.69, 9.17) is 10.5 Å². The van der Waals surface area contributed by atoms with E-state index in [0.29, 0.717) is 23.9 Å². The summed E-state index contributed by atoms with van der Waals surface area (Å²) in [6.45, 7) is 4.27. The van der Waals surface area contributed by atoms with Crippen molar-refractivity contribution in [2.24, 2.45) is 11.7 Å². The summed E-state index contributed by atoms with van der Waals surface area (Å²) < 4.78 is 32.3. The third-order valence-electron chi connectivity index (χ3n) is 3.71. The van der Waals surface area contributed by atoms with Gasteiger partial charge in [-0.15, -0.1) is 0 Å². The molecule has 1 aliphatic rings. The molecule has 1 heterocycles. The highest BCUT2D eigenvalue weighted by atomic mass is 32.2. The molecule has 1 unspecified atom stereocenters. The molecule has 1 aromatic carbocycles. The highest BCUT2D eigenvalue weighted by Gasteiger charge is 2.18. The summed E-state index contributed by atoms with van der Waals surface area (Å²) in [5.74, 6) is 0.471. The zero-order valence-electron chi connectivity index (χ0n) is 11.8. The lowest BCUT2D eigenvalue weighted by Gasteiger charge is -2.11. The Morgan fingerprint density at radius 1 is 1.45 bits per heavy atom. The van der Waals surface area contributed by atoms with Crippen molar-refractivity contribution in [2.45, 2.75) is 31.2 Å². The fourth-order valence-corrected chi connectivity index (χ4v) is 3.49. The molecule has 6 heteroatoms. The van der Waals surface area contributed by atoms with Gasteiger partial charge < -0.3 is 10.5 Å². The molecule has 2 rings (SSSR count). The summed E-state index contributed by atoms with van der Waals surface area (Å²) in [6.07, 6.45) is 1.84. The normalized spacial score (nSPS) is 19.4. The van der Waals surface area contributed by atoms with Crippen LogP contribution in [0.1, 0.15) is 24.0 Å². The zero-order valence-corrected chi connectivity index (χ0v) is 12.6. The summed E-state index contributed by atoms with van der Waals surface area (Å²) in [7, 11) is -3.43. The molecule has 0 aromatic heterocycles. The van der Waals surface area contributed by atoms with Gasteiger partial charge in [0.2, 0.25) is 10.0 Å². The van der Waals surface area contributed by atoms with Crippen LogP contribution in [0.2, 0.25) is 0 Å². The number of aryl methyl sites for hydroxylation is 1. The van der Waals surface area contributed by atoms with Crippen molar-refractivity contribution < 1.29 is 13.2 Å². The molecule has 1 atom stereocenters. The Balaban J connectivity index is 1.96. The molecule has 1 aliphatic heterocycles. The van der Waals surface area contributed by atoms with Gasteiger partial charge in [0.1, 0.15) is 0 Å². The van der Waals surface area contributed by atoms with Crippen LogP contribution < -0.4 is 10.5 Å². The van der Waals surface area contributed by atoms with Gasteiger partial charge in [-0.25, -0.2) is 13.1 Å². The van der Waals surface area contributed by atoms with Gasteiger partial charge in [-0.2, -0.15) is 0 Å². The summed E-state index contributed by atoms with van der Waals surface area (Å²) in [6, 6.07) is 5.05. The first-order valence-corrected chi connectivity index (χ1v) is 8.38. The number of sulfonamides is 1. The third kappa shape index (κ3) is 3.79. The minimum absolute atomic E-state index is 0.301. The highest BCUT2D eigenvalue weighted by molar-refractivity contribution is 7.89. The molecule has 3 N–H and O–H groups in total. The molecular formula is C14H22N2O3S. The number of benzene rings is 1. The zero-order chi connectivity index (χ0) is 14.6. The Labute approximate surface area is 120 Å². The van der Waals surface area contributed by atoms with Gasteiger partial charge in [0.25, 0.3) is 0 Å². The number of nitrogens with two attached hydrogens (primary N) is 1. The molecule has 1 saturated heterocycles. The third-order valence-corrected chi connectivity index (χ3v) is 5.17. The van der Waals surface area contributed by atoms with Crippen molar-refractivity contribution in [1.29, 1.82) is 0 Å². The van der Waals surface area contributed by atoms with Crippen LogP contribution in [0.5, 0.6) is 0 Å². The highest BCUT2D eigenvalue weighted by Crippen LogP contribution is 2.17. The van der Waals surface area contributed by atoms with E-state index in [-0.39, 0.29) is 0 Å². The Morgan fingerprint density at radius 2 is 2.25 bits per heavy atom. The maximum Gasteiger partial charge on any atom is 0.240 e. The van der Waals surface area contributed by atoms with Crippen molar-refractivity contribution in [1.82, 2.24) is 4.72 Å². The standard InChI is InChI=1S/C14H22N2O3S/c1-11-8-14(3-2-13(11)9-15)20(17,18)16-6-4-12-5-7-19-10-12/h2-3,8,12,16H,4-7,9-10,15H2,1H3. The minimum Gasteiger partial charge on any atom is -0.381 e. The molecule has 0 spiro atoms. The Morgan fingerprint density at radius 3 is 2.85 bits per heavy atom. The summed E-state index contributed by atoms with van der Waals surface area (Å²) in [4.78, 5) is 0.301. The smallest absolute Gasteiger partial charge is 0.240 e. The molecule has 5 nitrogen and oxygen atoms in total. The summed E-state index contributed by atoms with van der Waals surface area (Å²) >= 11 is 0. The SMILES string of the molecule is Cc1cc(S(=O)(=O)NCCC2CCOC2)ccc1CN. The average Bonchev–Trinajstić information content (AvgIpc) is 2.91. The monoisotopic (exact) mass is 298 g/mol. The van der Waals surface area contributed by atoms with Crippen molar-refractivity contribution in [3.63, 3.8) is 0 Å². The minimum atomic E-state index is -3.43. The Bertz CT molecular complexity index is 552. The van der Waals surface area contributed by atoms with E-state index in [1.54, 1.807) is 18.2 Å². The number of hydrogen-bond acceptors (Lipinski definition) is 4. The van der Waals surface area contributed by atoms with Crippen LogP contribution in [0, 0.1) is 12.8 Å². The van der Waals surface area contributed by atoms with Crippen molar-refractivity contribution in [3.05, 3.63) is 29.3 Å². The van der Waals surface area contributed by atoms with Crippen LogP contribution in [0.3, 0.4) is 0 Å². The van der Waals surface area contributed by atoms with Gasteiger partial charge in [-0.3, -0.25) is 0 Å². The predicted molar refractivity (Wildman–Crippen MR) is 77.8 cm³/mol. The van der Waals surface area contributed by atoms with E-state index in [1.807, 2.05) is 6.92 Å². The summed E-state index contributed by atoms with van der Waals surface area (Å²) in [5, 5.41) is 0. The van der Waals surface area contributed by atoms with Gasteiger partial charge in [0.05, 0.1) is 4.90 Å². The summed E-state index contributed by atoms with van der Waals surface area (Å²) in [5.41, 5.74) is 7.45. The van der Waals surface area contributed by atoms with Crippen LogP contribution in [0.15, 0.2) is 23.1 Å². The molecule has 112 valence electrons. The number of rotatable bonds is 6. The molecule has 0 radical (unpaired) electrons. The van der Waals surface area contributed by atoms with Crippen LogP contribution in [-0.4, -0.2) is 28.2 Å². The van der Waals surface area contributed by atoms with Crippen LogP contribution in [-0.2, 0) is 21.3 Å². The lowest BCUT2D eigenvalue weighted by atomic mass is 10.1. The molecular weight excluding hydrogens is 276 g/mol. The first-order chi connectivity index (χ1) is 9.53. The van der Waals surface area contributed by atoms with Crippen LogP contribution in [0.25, 0.3) is 0 Å². The van der Waals surface area contributed by atoms with E-state index in [2.05, 4.69) is 4.72 Å². The molecule has 1 aromatic rings. The fraction of sp³-hybridized carbons (Fsp3) is 0.571. The van der Waals surface area contributed by atoms with Gasteiger partial charge in [0.15, 0.2) is 0 Å². The van der Waals surface area contributed by atoms with Gasteiger partial charge in [-0.1, -0.05) is 6.07 Å². The Kier molecular flexibility index (Phi) is 5.15. The van der Waals surface area contributed by atoms with E-state index in [1.165, 1.54) is 0 Å². The second kappa shape index (κ2) is 6.67. The molecule has 20 heavy (non-hydrogen) atoms. The van der Waals surface area contributed by atoms with Crippen LogP contribution in [0.4, 0.5) is 0 Å². The second-order valence-corrected chi connectivity index (χ2v) is 6.98.